The third-order valence-electron chi connectivity index (χ3n) is 5.50. The minimum atomic E-state index is -0.451. The van der Waals surface area contributed by atoms with Gasteiger partial charge in [-0.3, -0.25) is 0 Å². The molecule has 0 spiro atoms. The predicted octanol–water partition coefficient (Wildman–Crippen LogP) is 6.17. The van der Waals surface area contributed by atoms with Crippen molar-refractivity contribution >= 4 is 12.2 Å². The summed E-state index contributed by atoms with van der Waals surface area (Å²) in [5, 5.41) is 2.76. The molecule has 0 atom stereocenters. The van der Waals surface area contributed by atoms with Crippen LogP contribution in [0.3, 0.4) is 0 Å². The van der Waals surface area contributed by atoms with Crippen molar-refractivity contribution in [2.75, 3.05) is 19.8 Å². The van der Waals surface area contributed by atoms with E-state index in [1.165, 1.54) is 28.3 Å². The minimum Gasteiger partial charge on any atom is -0.494 e. The summed E-state index contributed by atoms with van der Waals surface area (Å²) < 4.78 is 24.8. The molecular weight excluding hydrogens is 405 g/mol. The first-order valence-corrected chi connectivity index (χ1v) is 10.8. The summed E-state index contributed by atoms with van der Waals surface area (Å²) in [6.45, 7) is 3.05. The first kappa shape index (κ1) is 21.6. The number of carbonyl (C=O) groups is 1. The lowest BCUT2D eigenvalue weighted by Gasteiger charge is -2.14. The van der Waals surface area contributed by atoms with Gasteiger partial charge in [0.25, 0.3) is 0 Å². The Morgan fingerprint density at radius 3 is 2.38 bits per heavy atom. The Bertz CT molecular complexity index is 1080. The highest BCUT2D eigenvalue weighted by Gasteiger charge is 2.28. The van der Waals surface area contributed by atoms with E-state index in [4.69, 9.17) is 9.47 Å². The number of hydrogen-bond acceptors (Lipinski definition) is 3. The molecule has 0 unspecified atom stereocenters. The summed E-state index contributed by atoms with van der Waals surface area (Å²) >= 11 is 0. The molecule has 1 aliphatic rings. The van der Waals surface area contributed by atoms with Gasteiger partial charge < -0.3 is 14.8 Å². The zero-order chi connectivity index (χ0) is 22.3. The van der Waals surface area contributed by atoms with Crippen LogP contribution in [0.1, 0.15) is 36.0 Å². The monoisotopic (exact) mass is 431 g/mol. The fraction of sp³-hybridized carbons (Fsp3) is 0.222. The standard InChI is InChI=1S/C27H26FNO3/c1-2-31-20-15-14-19(26(28)17-20)9-7-8-16-29-27(30)32-18-25-23-12-5-3-10-21(23)22-11-4-6-13-24(22)25/h3-7,9-15,17,25H,2,8,16,18H2,1H3,(H,29,30). The number of rotatable bonds is 8. The number of halogens is 1. The second kappa shape index (κ2) is 10.1. The Kier molecular flexibility index (Phi) is 6.85. The van der Waals surface area contributed by atoms with Gasteiger partial charge in [-0.25, -0.2) is 9.18 Å². The molecular formula is C27H26FNO3. The van der Waals surface area contributed by atoms with Crippen molar-refractivity contribution in [3.63, 3.8) is 0 Å². The average molecular weight is 432 g/mol. The molecule has 0 heterocycles. The Hall–Kier alpha value is -3.60. The van der Waals surface area contributed by atoms with E-state index in [2.05, 4.69) is 29.6 Å². The van der Waals surface area contributed by atoms with E-state index in [1.54, 1.807) is 18.2 Å². The number of ether oxygens (including phenoxy) is 2. The van der Waals surface area contributed by atoms with Crippen LogP contribution in [0.5, 0.6) is 5.75 Å². The summed E-state index contributed by atoms with van der Waals surface area (Å²) in [6, 6.07) is 21.3. The molecule has 0 bridgehead atoms. The molecule has 0 radical (unpaired) electrons. The number of benzene rings is 3. The summed E-state index contributed by atoms with van der Waals surface area (Å²) in [5.41, 5.74) is 5.24. The number of hydrogen-bond donors (Lipinski definition) is 1. The molecule has 3 aromatic rings. The van der Waals surface area contributed by atoms with Gasteiger partial charge in [-0.2, -0.15) is 0 Å². The van der Waals surface area contributed by atoms with Gasteiger partial charge in [-0.05, 0) is 47.7 Å². The normalized spacial score (nSPS) is 12.4. The zero-order valence-corrected chi connectivity index (χ0v) is 18.0. The zero-order valence-electron chi connectivity index (χ0n) is 18.0. The number of nitrogens with one attached hydrogen (secondary N) is 1. The van der Waals surface area contributed by atoms with Crippen molar-refractivity contribution in [1.29, 1.82) is 0 Å². The van der Waals surface area contributed by atoms with Crippen molar-refractivity contribution in [1.82, 2.24) is 5.32 Å². The second-order valence-corrected chi connectivity index (χ2v) is 7.56. The van der Waals surface area contributed by atoms with Gasteiger partial charge in [0.05, 0.1) is 6.61 Å². The summed E-state index contributed by atoms with van der Waals surface area (Å²) in [7, 11) is 0. The van der Waals surface area contributed by atoms with Crippen molar-refractivity contribution in [3.8, 4) is 16.9 Å². The van der Waals surface area contributed by atoms with E-state index in [-0.39, 0.29) is 18.3 Å². The van der Waals surface area contributed by atoms with E-state index in [1.807, 2.05) is 37.3 Å². The Morgan fingerprint density at radius 2 is 1.72 bits per heavy atom. The molecule has 32 heavy (non-hydrogen) atoms. The van der Waals surface area contributed by atoms with Crippen molar-refractivity contribution in [2.45, 2.75) is 19.3 Å². The van der Waals surface area contributed by atoms with Crippen molar-refractivity contribution < 1.29 is 18.7 Å². The van der Waals surface area contributed by atoms with Crippen LogP contribution >= 0.6 is 0 Å². The molecule has 0 fully saturated rings. The maximum Gasteiger partial charge on any atom is 0.407 e. The van der Waals surface area contributed by atoms with Crippen LogP contribution in [0.15, 0.2) is 72.8 Å². The van der Waals surface area contributed by atoms with E-state index >= 15 is 0 Å². The largest absolute Gasteiger partial charge is 0.494 e. The molecule has 0 saturated heterocycles. The van der Waals surface area contributed by atoms with Crippen LogP contribution in [0.25, 0.3) is 17.2 Å². The molecule has 5 heteroatoms. The summed E-state index contributed by atoms with van der Waals surface area (Å²) in [5.74, 6) is 0.214. The first-order chi connectivity index (χ1) is 15.7. The van der Waals surface area contributed by atoms with Gasteiger partial charge in [-0.1, -0.05) is 60.7 Å². The number of fused-ring (bicyclic) bond motifs is 3. The molecule has 4 nitrogen and oxygen atoms in total. The lowest BCUT2D eigenvalue weighted by Crippen LogP contribution is -2.26. The van der Waals surface area contributed by atoms with Gasteiger partial charge in [0.1, 0.15) is 18.2 Å². The first-order valence-electron chi connectivity index (χ1n) is 10.8. The third kappa shape index (κ3) is 4.83. The van der Waals surface area contributed by atoms with E-state index in [9.17, 15) is 9.18 Å². The van der Waals surface area contributed by atoms with Gasteiger partial charge in [-0.15, -0.1) is 0 Å². The highest BCUT2D eigenvalue weighted by Crippen LogP contribution is 2.44. The van der Waals surface area contributed by atoms with Crippen LogP contribution in [-0.4, -0.2) is 25.9 Å². The minimum absolute atomic E-state index is 0.0377. The lowest BCUT2D eigenvalue weighted by molar-refractivity contribution is 0.143. The van der Waals surface area contributed by atoms with Crippen molar-refractivity contribution in [3.05, 3.63) is 95.3 Å². The quantitative estimate of drug-likeness (QED) is 0.434. The van der Waals surface area contributed by atoms with Crippen LogP contribution in [-0.2, 0) is 4.74 Å². The lowest BCUT2D eigenvalue weighted by atomic mass is 9.98. The highest BCUT2D eigenvalue weighted by atomic mass is 19.1. The molecule has 1 aliphatic carbocycles. The van der Waals surface area contributed by atoms with Gasteiger partial charge in [0, 0.05) is 24.1 Å². The van der Waals surface area contributed by atoms with Crippen molar-refractivity contribution in [2.24, 2.45) is 0 Å². The topological polar surface area (TPSA) is 47.6 Å². The van der Waals surface area contributed by atoms with Crippen LogP contribution < -0.4 is 10.1 Å². The smallest absolute Gasteiger partial charge is 0.407 e. The fourth-order valence-electron chi connectivity index (χ4n) is 4.02. The molecule has 0 aromatic heterocycles. The number of carbonyl (C=O) groups excluding carboxylic acids is 1. The van der Waals surface area contributed by atoms with Gasteiger partial charge in [0.2, 0.25) is 0 Å². The number of alkyl carbamates (subject to hydrolysis) is 1. The Labute approximate surface area is 187 Å². The molecule has 1 N–H and O–H groups in total. The predicted molar refractivity (Wildman–Crippen MR) is 124 cm³/mol. The van der Waals surface area contributed by atoms with Gasteiger partial charge in [0.15, 0.2) is 0 Å². The molecule has 1 amide bonds. The second-order valence-electron chi connectivity index (χ2n) is 7.56. The van der Waals surface area contributed by atoms with Crippen LogP contribution in [0.4, 0.5) is 9.18 Å². The van der Waals surface area contributed by atoms with Crippen LogP contribution in [0, 0.1) is 5.82 Å². The molecule has 3 aromatic carbocycles. The average Bonchev–Trinajstić information content (AvgIpc) is 3.13. The summed E-state index contributed by atoms with van der Waals surface area (Å²) in [4.78, 5) is 12.2. The van der Waals surface area contributed by atoms with Crippen LogP contribution in [0.2, 0.25) is 0 Å². The Morgan fingerprint density at radius 1 is 1.03 bits per heavy atom. The molecule has 0 aliphatic heterocycles. The summed E-state index contributed by atoms with van der Waals surface area (Å²) in [6.07, 6.45) is 3.64. The Balaban J connectivity index is 1.25. The van der Waals surface area contributed by atoms with E-state index in [0.29, 0.717) is 30.9 Å². The van der Waals surface area contributed by atoms with Gasteiger partial charge >= 0.3 is 6.09 Å². The fourth-order valence-corrected chi connectivity index (χ4v) is 4.02. The molecule has 4 rings (SSSR count). The maximum atomic E-state index is 14.0. The highest BCUT2D eigenvalue weighted by molar-refractivity contribution is 5.79. The van der Waals surface area contributed by atoms with E-state index in [0.717, 1.165) is 0 Å². The van der Waals surface area contributed by atoms with E-state index < -0.39 is 6.09 Å². The molecule has 0 saturated carbocycles. The SMILES string of the molecule is CCOc1ccc(C=CCCNC(=O)OCC2c3ccccc3-c3ccccc32)c(F)c1. The molecule has 164 valence electrons. The number of amides is 1. The maximum absolute atomic E-state index is 14.0. The third-order valence-corrected chi connectivity index (χ3v) is 5.50.